The molecule has 0 saturated heterocycles. The SMILES string of the molecule is CC(C)(C)OC(=O)/C=C/c1ccc2ccn(C(=O)c3ccccc3)c2n1. The van der Waals surface area contributed by atoms with E-state index in [1.807, 2.05) is 51.1 Å². The fourth-order valence-electron chi connectivity index (χ4n) is 2.49. The van der Waals surface area contributed by atoms with Crippen LogP contribution in [-0.2, 0) is 9.53 Å². The van der Waals surface area contributed by atoms with Crippen LogP contribution in [0.2, 0.25) is 0 Å². The van der Waals surface area contributed by atoms with Crippen molar-refractivity contribution < 1.29 is 14.3 Å². The Balaban J connectivity index is 1.89. The van der Waals surface area contributed by atoms with Crippen molar-refractivity contribution >= 4 is 29.0 Å². The predicted octanol–water partition coefficient (Wildman–Crippen LogP) is 4.08. The van der Waals surface area contributed by atoms with Crippen molar-refractivity contribution in [1.29, 1.82) is 0 Å². The lowest BCUT2D eigenvalue weighted by molar-refractivity contribution is -0.148. The number of benzene rings is 1. The van der Waals surface area contributed by atoms with Gasteiger partial charge in [-0.25, -0.2) is 9.78 Å². The van der Waals surface area contributed by atoms with Crippen molar-refractivity contribution in [3.63, 3.8) is 0 Å². The van der Waals surface area contributed by atoms with E-state index in [9.17, 15) is 9.59 Å². The van der Waals surface area contributed by atoms with Crippen LogP contribution in [0.4, 0.5) is 0 Å². The van der Waals surface area contributed by atoms with Gasteiger partial charge in [0, 0.05) is 23.2 Å². The van der Waals surface area contributed by atoms with Crippen molar-refractivity contribution in [3.8, 4) is 0 Å². The second kappa shape index (κ2) is 6.96. The maximum atomic E-state index is 12.7. The molecular weight excluding hydrogens is 328 g/mol. The number of fused-ring (bicyclic) bond motifs is 1. The van der Waals surface area contributed by atoms with E-state index in [2.05, 4.69) is 4.98 Å². The first-order valence-electron chi connectivity index (χ1n) is 8.32. The van der Waals surface area contributed by atoms with E-state index < -0.39 is 11.6 Å². The van der Waals surface area contributed by atoms with Gasteiger partial charge >= 0.3 is 5.97 Å². The predicted molar refractivity (Wildman–Crippen MR) is 101 cm³/mol. The van der Waals surface area contributed by atoms with E-state index in [0.717, 1.165) is 5.39 Å². The summed E-state index contributed by atoms with van der Waals surface area (Å²) in [4.78, 5) is 29.0. The Kier molecular flexibility index (Phi) is 4.71. The Labute approximate surface area is 151 Å². The van der Waals surface area contributed by atoms with E-state index in [1.54, 1.807) is 30.5 Å². The molecular formula is C21H20N2O3. The first-order valence-corrected chi connectivity index (χ1v) is 8.32. The zero-order valence-corrected chi connectivity index (χ0v) is 15.0. The highest BCUT2D eigenvalue weighted by Crippen LogP contribution is 2.17. The first kappa shape index (κ1) is 17.6. The van der Waals surface area contributed by atoms with Crippen LogP contribution in [0.25, 0.3) is 17.1 Å². The average molecular weight is 348 g/mol. The van der Waals surface area contributed by atoms with Crippen molar-refractivity contribution in [2.45, 2.75) is 26.4 Å². The van der Waals surface area contributed by atoms with Crippen LogP contribution in [0.5, 0.6) is 0 Å². The highest BCUT2D eigenvalue weighted by Gasteiger charge is 2.14. The van der Waals surface area contributed by atoms with E-state index in [4.69, 9.17) is 4.74 Å². The third-order valence-corrected chi connectivity index (χ3v) is 3.59. The molecule has 2 aromatic heterocycles. The van der Waals surface area contributed by atoms with Gasteiger partial charge in [-0.3, -0.25) is 9.36 Å². The summed E-state index contributed by atoms with van der Waals surface area (Å²) in [7, 11) is 0. The van der Waals surface area contributed by atoms with E-state index in [0.29, 0.717) is 16.9 Å². The number of ether oxygens (including phenoxy) is 1. The van der Waals surface area contributed by atoms with Gasteiger partial charge in [0.1, 0.15) is 11.2 Å². The number of carbonyl (C=O) groups excluding carboxylic acids is 2. The zero-order valence-electron chi connectivity index (χ0n) is 15.0. The number of nitrogens with zero attached hydrogens (tertiary/aromatic N) is 2. The van der Waals surface area contributed by atoms with Gasteiger partial charge in [0.25, 0.3) is 5.91 Å². The fraction of sp³-hybridized carbons (Fsp3) is 0.190. The van der Waals surface area contributed by atoms with E-state index in [-0.39, 0.29) is 5.91 Å². The topological polar surface area (TPSA) is 61.2 Å². The molecule has 0 radical (unpaired) electrons. The second-order valence-electron chi connectivity index (χ2n) is 6.87. The summed E-state index contributed by atoms with van der Waals surface area (Å²) in [5.74, 6) is -0.587. The molecule has 0 unspecified atom stereocenters. The number of hydrogen-bond donors (Lipinski definition) is 0. The standard InChI is InChI=1S/C21H20N2O3/c1-21(2,3)26-18(24)12-11-17-10-9-15-13-14-23(19(15)22-17)20(25)16-7-5-4-6-8-16/h4-14H,1-3H3/b12-11+. The molecule has 0 spiro atoms. The monoisotopic (exact) mass is 348 g/mol. The molecule has 5 heteroatoms. The van der Waals surface area contributed by atoms with Gasteiger partial charge in [-0.05, 0) is 57.2 Å². The molecule has 0 fully saturated rings. The first-order chi connectivity index (χ1) is 12.3. The van der Waals surface area contributed by atoms with E-state index in [1.165, 1.54) is 10.6 Å². The number of aromatic nitrogens is 2. The summed E-state index contributed by atoms with van der Waals surface area (Å²) in [6.45, 7) is 5.43. The molecule has 2 heterocycles. The molecule has 0 aliphatic rings. The normalized spacial score (nSPS) is 11.8. The summed E-state index contributed by atoms with van der Waals surface area (Å²) in [6.07, 6.45) is 4.62. The molecule has 3 aromatic rings. The number of hydrogen-bond acceptors (Lipinski definition) is 4. The number of pyridine rings is 1. The minimum absolute atomic E-state index is 0.152. The summed E-state index contributed by atoms with van der Waals surface area (Å²) in [5.41, 5.74) is 1.16. The molecule has 0 amide bonds. The Bertz CT molecular complexity index is 979. The highest BCUT2D eigenvalue weighted by atomic mass is 16.6. The summed E-state index contributed by atoms with van der Waals surface area (Å²) in [6, 6.07) is 14.5. The van der Waals surface area contributed by atoms with Crippen molar-refractivity contribution in [1.82, 2.24) is 9.55 Å². The van der Waals surface area contributed by atoms with E-state index >= 15 is 0 Å². The molecule has 0 aliphatic heterocycles. The van der Waals surface area contributed by atoms with Crippen molar-refractivity contribution in [3.05, 3.63) is 72.1 Å². The van der Waals surface area contributed by atoms with Crippen LogP contribution in [-0.4, -0.2) is 27.0 Å². The summed E-state index contributed by atoms with van der Waals surface area (Å²) in [5, 5.41) is 0.851. The second-order valence-corrected chi connectivity index (χ2v) is 6.87. The largest absolute Gasteiger partial charge is 0.457 e. The van der Waals surface area contributed by atoms with Crippen LogP contribution in [0.1, 0.15) is 36.8 Å². The maximum absolute atomic E-state index is 12.7. The van der Waals surface area contributed by atoms with Crippen LogP contribution in [0.3, 0.4) is 0 Å². The quantitative estimate of drug-likeness (QED) is 0.528. The van der Waals surface area contributed by atoms with Crippen molar-refractivity contribution in [2.75, 3.05) is 0 Å². The van der Waals surface area contributed by atoms with Crippen molar-refractivity contribution in [2.24, 2.45) is 0 Å². The molecule has 132 valence electrons. The number of carbonyl (C=O) groups is 2. The molecule has 0 bridgehead atoms. The lowest BCUT2D eigenvalue weighted by atomic mass is 10.2. The van der Waals surface area contributed by atoms with Crippen LogP contribution >= 0.6 is 0 Å². The Hall–Kier alpha value is -3.21. The van der Waals surface area contributed by atoms with Crippen LogP contribution in [0.15, 0.2) is 60.8 Å². The fourth-order valence-corrected chi connectivity index (χ4v) is 2.49. The zero-order chi connectivity index (χ0) is 18.7. The molecule has 1 aromatic carbocycles. The van der Waals surface area contributed by atoms with Crippen LogP contribution < -0.4 is 0 Å². The molecule has 26 heavy (non-hydrogen) atoms. The number of esters is 1. The Morgan fingerprint density at radius 1 is 1.04 bits per heavy atom. The van der Waals surface area contributed by atoms with Gasteiger partial charge in [-0.1, -0.05) is 18.2 Å². The van der Waals surface area contributed by atoms with Gasteiger partial charge in [0.2, 0.25) is 0 Å². The highest BCUT2D eigenvalue weighted by molar-refractivity contribution is 6.01. The molecule has 0 atom stereocenters. The Morgan fingerprint density at radius 2 is 1.77 bits per heavy atom. The smallest absolute Gasteiger partial charge is 0.331 e. The van der Waals surface area contributed by atoms with Gasteiger partial charge in [0.15, 0.2) is 0 Å². The average Bonchev–Trinajstić information content (AvgIpc) is 3.02. The molecule has 0 saturated carbocycles. The summed E-state index contributed by atoms with van der Waals surface area (Å²) >= 11 is 0. The third-order valence-electron chi connectivity index (χ3n) is 3.59. The molecule has 0 aliphatic carbocycles. The molecule has 3 rings (SSSR count). The summed E-state index contributed by atoms with van der Waals surface area (Å²) < 4.78 is 6.75. The van der Waals surface area contributed by atoms with Crippen LogP contribution in [0, 0.1) is 0 Å². The Morgan fingerprint density at radius 3 is 2.46 bits per heavy atom. The molecule has 5 nitrogen and oxygen atoms in total. The lowest BCUT2D eigenvalue weighted by Gasteiger charge is -2.17. The number of rotatable bonds is 3. The lowest BCUT2D eigenvalue weighted by Crippen LogP contribution is -2.22. The minimum Gasteiger partial charge on any atom is -0.457 e. The van der Waals surface area contributed by atoms with Gasteiger partial charge < -0.3 is 4.74 Å². The van der Waals surface area contributed by atoms with Gasteiger partial charge in [-0.2, -0.15) is 0 Å². The van der Waals surface area contributed by atoms with Gasteiger partial charge in [-0.15, -0.1) is 0 Å². The van der Waals surface area contributed by atoms with Gasteiger partial charge in [0.05, 0.1) is 5.69 Å². The third kappa shape index (κ3) is 4.06. The molecule has 0 N–H and O–H groups in total. The maximum Gasteiger partial charge on any atom is 0.331 e. The minimum atomic E-state index is -0.546.